The molecular formula is C13H20N2O4S. The summed E-state index contributed by atoms with van der Waals surface area (Å²) in [5.74, 6) is 0.288. The predicted octanol–water partition coefficient (Wildman–Crippen LogP) is 1.04. The highest BCUT2D eigenvalue weighted by atomic mass is 32.2. The first-order valence-electron chi connectivity index (χ1n) is 6.43. The summed E-state index contributed by atoms with van der Waals surface area (Å²) in [4.78, 5) is 0.0576. The number of anilines is 1. The highest BCUT2D eigenvalue weighted by Crippen LogP contribution is 2.29. The van der Waals surface area contributed by atoms with Gasteiger partial charge in [0, 0.05) is 12.3 Å². The second-order valence-corrected chi connectivity index (χ2v) is 6.63. The summed E-state index contributed by atoms with van der Waals surface area (Å²) in [5, 5.41) is 0. The SMILES string of the molecule is COc1cc(C)c(N)cc1S(=O)(=O)NC1CCOC1C. The molecule has 1 aliphatic rings. The third-order valence-electron chi connectivity index (χ3n) is 3.52. The van der Waals surface area contributed by atoms with Crippen LogP contribution in [0.2, 0.25) is 0 Å². The molecule has 20 heavy (non-hydrogen) atoms. The van der Waals surface area contributed by atoms with E-state index in [0.29, 0.717) is 18.7 Å². The summed E-state index contributed by atoms with van der Waals surface area (Å²) < 4.78 is 38.1. The maximum absolute atomic E-state index is 12.5. The van der Waals surface area contributed by atoms with Crippen molar-refractivity contribution in [1.29, 1.82) is 0 Å². The molecule has 1 aromatic carbocycles. The van der Waals surface area contributed by atoms with E-state index in [1.54, 1.807) is 13.0 Å². The van der Waals surface area contributed by atoms with Gasteiger partial charge in [-0.15, -0.1) is 0 Å². The Morgan fingerprint density at radius 3 is 2.70 bits per heavy atom. The van der Waals surface area contributed by atoms with Crippen molar-refractivity contribution in [3.05, 3.63) is 17.7 Å². The van der Waals surface area contributed by atoms with Crippen LogP contribution in [-0.4, -0.2) is 34.3 Å². The average Bonchev–Trinajstić information content (AvgIpc) is 2.77. The average molecular weight is 300 g/mol. The number of methoxy groups -OCH3 is 1. The Labute approximate surface area is 119 Å². The van der Waals surface area contributed by atoms with Crippen LogP contribution in [0, 0.1) is 6.92 Å². The monoisotopic (exact) mass is 300 g/mol. The van der Waals surface area contributed by atoms with Gasteiger partial charge in [-0.05, 0) is 38.0 Å². The van der Waals surface area contributed by atoms with Crippen LogP contribution < -0.4 is 15.2 Å². The van der Waals surface area contributed by atoms with Gasteiger partial charge in [0.25, 0.3) is 0 Å². The zero-order valence-corrected chi connectivity index (χ0v) is 12.7. The second-order valence-electron chi connectivity index (χ2n) is 4.95. The standard InChI is InChI=1S/C13H20N2O4S/c1-8-6-12(18-3)13(7-10(8)14)20(16,17)15-11-4-5-19-9(11)2/h6-7,9,11,15H,4-5,14H2,1-3H3. The zero-order valence-electron chi connectivity index (χ0n) is 11.8. The Hall–Kier alpha value is -1.31. The van der Waals surface area contributed by atoms with E-state index < -0.39 is 10.0 Å². The van der Waals surface area contributed by atoms with Crippen LogP contribution in [0.1, 0.15) is 18.9 Å². The van der Waals surface area contributed by atoms with E-state index in [2.05, 4.69) is 4.72 Å². The van der Waals surface area contributed by atoms with Gasteiger partial charge >= 0.3 is 0 Å². The Morgan fingerprint density at radius 1 is 1.45 bits per heavy atom. The van der Waals surface area contributed by atoms with Crippen LogP contribution in [0.3, 0.4) is 0 Å². The number of nitrogen functional groups attached to an aromatic ring is 1. The number of hydrogen-bond donors (Lipinski definition) is 2. The second kappa shape index (κ2) is 5.59. The zero-order chi connectivity index (χ0) is 14.9. The molecule has 2 atom stereocenters. The number of rotatable bonds is 4. The van der Waals surface area contributed by atoms with E-state index in [9.17, 15) is 8.42 Å². The van der Waals surface area contributed by atoms with Crippen molar-refractivity contribution in [1.82, 2.24) is 4.72 Å². The van der Waals surface area contributed by atoms with E-state index in [1.165, 1.54) is 13.2 Å². The van der Waals surface area contributed by atoms with Crippen molar-refractivity contribution in [2.24, 2.45) is 0 Å². The molecule has 2 rings (SSSR count). The van der Waals surface area contributed by atoms with E-state index in [-0.39, 0.29) is 22.8 Å². The predicted molar refractivity (Wildman–Crippen MR) is 76.3 cm³/mol. The van der Waals surface area contributed by atoms with Crippen molar-refractivity contribution in [3.63, 3.8) is 0 Å². The number of sulfonamides is 1. The minimum Gasteiger partial charge on any atom is -0.495 e. The number of aryl methyl sites for hydroxylation is 1. The topological polar surface area (TPSA) is 90.7 Å². The highest BCUT2D eigenvalue weighted by molar-refractivity contribution is 7.89. The van der Waals surface area contributed by atoms with Gasteiger partial charge in [0.15, 0.2) is 0 Å². The molecule has 3 N–H and O–H groups in total. The quantitative estimate of drug-likeness (QED) is 0.811. The Balaban J connectivity index is 2.36. The van der Waals surface area contributed by atoms with E-state index >= 15 is 0 Å². The Morgan fingerprint density at radius 2 is 2.15 bits per heavy atom. The number of nitrogens with one attached hydrogen (secondary N) is 1. The van der Waals surface area contributed by atoms with Gasteiger partial charge in [-0.25, -0.2) is 13.1 Å². The Kier molecular flexibility index (Phi) is 4.22. The highest BCUT2D eigenvalue weighted by Gasteiger charge is 2.30. The fraction of sp³-hybridized carbons (Fsp3) is 0.538. The number of benzene rings is 1. The Bertz CT molecular complexity index is 601. The molecule has 1 aromatic rings. The molecule has 1 saturated heterocycles. The van der Waals surface area contributed by atoms with Gasteiger partial charge in [0.2, 0.25) is 10.0 Å². The molecule has 0 saturated carbocycles. The maximum Gasteiger partial charge on any atom is 0.244 e. The van der Waals surface area contributed by atoms with Crippen molar-refractivity contribution in [2.75, 3.05) is 19.5 Å². The molecular weight excluding hydrogens is 280 g/mol. The van der Waals surface area contributed by atoms with Gasteiger partial charge in [0.1, 0.15) is 10.6 Å². The molecule has 0 amide bonds. The number of nitrogens with two attached hydrogens (primary N) is 1. The summed E-state index contributed by atoms with van der Waals surface area (Å²) in [6.07, 6.45) is 0.517. The van der Waals surface area contributed by atoms with E-state index in [0.717, 1.165) is 5.56 Å². The maximum atomic E-state index is 12.5. The summed E-state index contributed by atoms with van der Waals surface area (Å²) in [5.41, 5.74) is 7.00. The molecule has 2 unspecified atom stereocenters. The normalized spacial score (nSPS) is 22.9. The fourth-order valence-corrected chi connectivity index (χ4v) is 3.72. The number of hydrogen-bond acceptors (Lipinski definition) is 5. The summed E-state index contributed by atoms with van der Waals surface area (Å²) in [6, 6.07) is 2.82. The lowest BCUT2D eigenvalue weighted by atomic mass is 10.2. The van der Waals surface area contributed by atoms with Crippen molar-refractivity contribution in [3.8, 4) is 5.75 Å². The van der Waals surface area contributed by atoms with Gasteiger partial charge in [-0.2, -0.15) is 0 Å². The summed E-state index contributed by atoms with van der Waals surface area (Å²) >= 11 is 0. The molecule has 0 aromatic heterocycles. The third kappa shape index (κ3) is 2.89. The molecule has 1 heterocycles. The van der Waals surface area contributed by atoms with Crippen LogP contribution in [-0.2, 0) is 14.8 Å². The molecule has 0 spiro atoms. The minimum atomic E-state index is -3.69. The molecule has 0 radical (unpaired) electrons. The van der Waals surface area contributed by atoms with Crippen LogP contribution >= 0.6 is 0 Å². The lowest BCUT2D eigenvalue weighted by molar-refractivity contribution is 0.117. The van der Waals surface area contributed by atoms with Crippen molar-refractivity contribution in [2.45, 2.75) is 37.3 Å². The molecule has 6 nitrogen and oxygen atoms in total. The molecule has 7 heteroatoms. The third-order valence-corrected chi connectivity index (χ3v) is 5.04. The lowest BCUT2D eigenvalue weighted by Crippen LogP contribution is -2.39. The largest absolute Gasteiger partial charge is 0.495 e. The van der Waals surface area contributed by atoms with Crippen LogP contribution in [0.25, 0.3) is 0 Å². The fourth-order valence-electron chi connectivity index (χ4n) is 2.20. The summed E-state index contributed by atoms with van der Waals surface area (Å²) in [7, 11) is -2.26. The van der Waals surface area contributed by atoms with Crippen LogP contribution in [0.4, 0.5) is 5.69 Å². The molecule has 0 aliphatic carbocycles. The first-order valence-corrected chi connectivity index (χ1v) is 7.91. The van der Waals surface area contributed by atoms with Gasteiger partial charge in [0.05, 0.1) is 19.3 Å². The molecule has 1 fully saturated rings. The minimum absolute atomic E-state index is 0.0576. The first-order chi connectivity index (χ1) is 9.35. The first kappa shape index (κ1) is 15.1. The smallest absolute Gasteiger partial charge is 0.244 e. The van der Waals surface area contributed by atoms with Gasteiger partial charge in [-0.1, -0.05) is 0 Å². The lowest BCUT2D eigenvalue weighted by Gasteiger charge is -2.18. The van der Waals surface area contributed by atoms with Crippen LogP contribution in [0.5, 0.6) is 5.75 Å². The van der Waals surface area contributed by atoms with Gasteiger partial charge < -0.3 is 15.2 Å². The number of ether oxygens (including phenoxy) is 2. The van der Waals surface area contributed by atoms with Crippen molar-refractivity contribution >= 4 is 15.7 Å². The van der Waals surface area contributed by atoms with Crippen LogP contribution in [0.15, 0.2) is 17.0 Å². The van der Waals surface area contributed by atoms with Crippen molar-refractivity contribution < 1.29 is 17.9 Å². The summed E-state index contributed by atoms with van der Waals surface area (Å²) in [6.45, 7) is 4.21. The van der Waals surface area contributed by atoms with E-state index in [1.807, 2.05) is 6.92 Å². The van der Waals surface area contributed by atoms with E-state index in [4.69, 9.17) is 15.2 Å². The van der Waals surface area contributed by atoms with Gasteiger partial charge in [-0.3, -0.25) is 0 Å². The molecule has 1 aliphatic heterocycles. The molecule has 112 valence electrons. The molecule has 0 bridgehead atoms.